The van der Waals surface area contributed by atoms with Crippen molar-refractivity contribution in [2.45, 2.75) is 26.2 Å². The van der Waals surface area contributed by atoms with Gasteiger partial charge in [0.25, 0.3) is 0 Å². The van der Waals surface area contributed by atoms with Crippen LogP contribution in [0.1, 0.15) is 26.2 Å². The number of nitrogens with zero attached hydrogens (tertiary/aromatic N) is 3. The first-order valence-electron chi connectivity index (χ1n) is 6.34. The van der Waals surface area contributed by atoms with Crippen molar-refractivity contribution in [3.05, 3.63) is 6.07 Å². The third-order valence-corrected chi connectivity index (χ3v) is 2.62. The quantitative estimate of drug-likeness (QED) is 0.607. The van der Waals surface area contributed by atoms with E-state index in [1.807, 2.05) is 0 Å². The van der Waals surface area contributed by atoms with E-state index in [9.17, 15) is 4.79 Å². The molecule has 7 nitrogen and oxygen atoms in total. The number of hydrogen-bond acceptors (Lipinski definition) is 6. The number of carbonyl (C=O) groups is 1. The predicted molar refractivity (Wildman–Crippen MR) is 75.4 cm³/mol. The third kappa shape index (κ3) is 5.41. The van der Waals surface area contributed by atoms with Crippen molar-refractivity contribution in [2.24, 2.45) is 0 Å². The van der Waals surface area contributed by atoms with Crippen molar-refractivity contribution in [1.82, 2.24) is 9.97 Å². The fourth-order valence-electron chi connectivity index (χ4n) is 1.51. The van der Waals surface area contributed by atoms with E-state index < -0.39 is 5.97 Å². The van der Waals surface area contributed by atoms with Crippen LogP contribution in [-0.4, -0.2) is 41.2 Å². The van der Waals surface area contributed by atoms with Gasteiger partial charge in [-0.3, -0.25) is 4.79 Å². The first kappa shape index (κ1) is 15.0. The second-order valence-corrected chi connectivity index (χ2v) is 4.32. The number of aliphatic carboxylic acids is 1. The number of hydrogen-bond donors (Lipinski definition) is 3. The second-order valence-electron chi connectivity index (χ2n) is 4.32. The Bertz CT molecular complexity index is 425. The molecule has 0 saturated carbocycles. The molecule has 7 heteroatoms. The van der Waals surface area contributed by atoms with Crippen LogP contribution in [0.2, 0.25) is 0 Å². The van der Waals surface area contributed by atoms with Crippen molar-refractivity contribution in [2.75, 3.05) is 36.1 Å². The maximum Gasteiger partial charge on any atom is 0.305 e. The van der Waals surface area contributed by atoms with Crippen LogP contribution in [0.25, 0.3) is 0 Å². The third-order valence-electron chi connectivity index (χ3n) is 2.62. The fourth-order valence-corrected chi connectivity index (χ4v) is 1.51. The van der Waals surface area contributed by atoms with Crippen LogP contribution in [0.15, 0.2) is 6.07 Å². The van der Waals surface area contributed by atoms with Crippen LogP contribution < -0.4 is 16.0 Å². The van der Waals surface area contributed by atoms with Gasteiger partial charge in [-0.2, -0.15) is 9.97 Å². The van der Waals surface area contributed by atoms with Crippen LogP contribution in [0.3, 0.4) is 0 Å². The Kier molecular flexibility index (Phi) is 5.84. The normalized spacial score (nSPS) is 10.2. The SMILES string of the molecule is CCCCNc1cc(N(C)CCC(=O)O)nc(N)n1. The highest BCUT2D eigenvalue weighted by atomic mass is 16.4. The first-order valence-corrected chi connectivity index (χ1v) is 6.34. The molecule has 1 heterocycles. The monoisotopic (exact) mass is 267 g/mol. The molecule has 0 aliphatic heterocycles. The van der Waals surface area contributed by atoms with Gasteiger partial charge in [-0.15, -0.1) is 0 Å². The molecule has 0 bridgehead atoms. The van der Waals surface area contributed by atoms with Gasteiger partial charge in [-0.05, 0) is 6.42 Å². The highest BCUT2D eigenvalue weighted by Crippen LogP contribution is 2.16. The number of carboxylic acid groups (broad SMARTS) is 1. The number of nitrogen functional groups attached to an aromatic ring is 1. The molecule has 0 aliphatic rings. The maximum absolute atomic E-state index is 10.5. The lowest BCUT2D eigenvalue weighted by molar-refractivity contribution is -0.136. The fraction of sp³-hybridized carbons (Fsp3) is 0.583. The molecule has 0 saturated heterocycles. The lowest BCUT2D eigenvalue weighted by atomic mass is 10.3. The summed E-state index contributed by atoms with van der Waals surface area (Å²) in [5.41, 5.74) is 5.65. The van der Waals surface area contributed by atoms with Crippen molar-refractivity contribution in [3.8, 4) is 0 Å². The summed E-state index contributed by atoms with van der Waals surface area (Å²) in [6.07, 6.45) is 2.20. The molecule has 1 aromatic heterocycles. The molecular weight excluding hydrogens is 246 g/mol. The minimum Gasteiger partial charge on any atom is -0.481 e. The molecule has 0 atom stereocenters. The minimum atomic E-state index is -0.838. The van der Waals surface area contributed by atoms with Crippen molar-refractivity contribution in [3.63, 3.8) is 0 Å². The Morgan fingerprint density at radius 1 is 1.53 bits per heavy atom. The molecule has 106 valence electrons. The first-order chi connectivity index (χ1) is 9.02. The summed E-state index contributed by atoms with van der Waals surface area (Å²) in [6.45, 7) is 3.31. The zero-order chi connectivity index (χ0) is 14.3. The van der Waals surface area contributed by atoms with E-state index in [4.69, 9.17) is 10.8 Å². The van der Waals surface area contributed by atoms with Crippen molar-refractivity contribution in [1.29, 1.82) is 0 Å². The van der Waals surface area contributed by atoms with Crippen molar-refractivity contribution < 1.29 is 9.90 Å². The lowest BCUT2D eigenvalue weighted by Crippen LogP contribution is -2.22. The molecule has 0 fully saturated rings. The number of unbranched alkanes of at least 4 members (excludes halogenated alkanes) is 1. The van der Waals surface area contributed by atoms with E-state index in [1.54, 1.807) is 18.0 Å². The Labute approximate surface area is 112 Å². The molecule has 0 amide bonds. The smallest absolute Gasteiger partial charge is 0.305 e. The molecule has 4 N–H and O–H groups in total. The van der Waals surface area contributed by atoms with Crippen LogP contribution >= 0.6 is 0 Å². The maximum atomic E-state index is 10.5. The molecule has 0 aliphatic carbocycles. The number of carboxylic acids is 1. The molecule has 0 aromatic carbocycles. The Morgan fingerprint density at radius 2 is 2.26 bits per heavy atom. The van der Waals surface area contributed by atoms with Gasteiger partial charge in [0.05, 0.1) is 6.42 Å². The van der Waals surface area contributed by atoms with Crippen LogP contribution in [0, 0.1) is 0 Å². The van der Waals surface area contributed by atoms with E-state index in [1.165, 1.54) is 0 Å². The second kappa shape index (κ2) is 7.40. The summed E-state index contributed by atoms with van der Waals surface area (Å²) in [5, 5.41) is 11.8. The number of rotatable bonds is 8. The summed E-state index contributed by atoms with van der Waals surface area (Å²) < 4.78 is 0. The van der Waals surface area contributed by atoms with Gasteiger partial charge in [0.1, 0.15) is 11.6 Å². The molecular formula is C12H21N5O2. The van der Waals surface area contributed by atoms with Gasteiger partial charge in [0, 0.05) is 26.2 Å². The van der Waals surface area contributed by atoms with Gasteiger partial charge < -0.3 is 21.1 Å². The Balaban J connectivity index is 2.69. The molecule has 1 rings (SSSR count). The average Bonchev–Trinajstić information content (AvgIpc) is 2.35. The summed E-state index contributed by atoms with van der Waals surface area (Å²) in [7, 11) is 1.78. The number of nitrogens with one attached hydrogen (secondary N) is 1. The number of anilines is 3. The van der Waals surface area contributed by atoms with Crippen molar-refractivity contribution >= 4 is 23.6 Å². The van der Waals surface area contributed by atoms with E-state index in [0.717, 1.165) is 19.4 Å². The zero-order valence-electron chi connectivity index (χ0n) is 11.4. The summed E-state index contributed by atoms with van der Waals surface area (Å²) >= 11 is 0. The summed E-state index contributed by atoms with van der Waals surface area (Å²) in [4.78, 5) is 20.5. The topological polar surface area (TPSA) is 104 Å². The minimum absolute atomic E-state index is 0.0546. The standard InChI is InChI=1S/C12H21N5O2/c1-3-4-6-14-9-8-10(16-12(13)15-9)17(2)7-5-11(18)19/h8H,3-7H2,1-2H3,(H,18,19)(H3,13,14,15,16). The van der Waals surface area contributed by atoms with Gasteiger partial charge in [-0.25, -0.2) is 0 Å². The summed E-state index contributed by atoms with van der Waals surface area (Å²) in [6, 6.07) is 1.77. The molecule has 0 unspecified atom stereocenters. The van der Waals surface area contributed by atoms with Gasteiger partial charge >= 0.3 is 5.97 Å². The Hall–Kier alpha value is -2.05. The molecule has 19 heavy (non-hydrogen) atoms. The van der Waals surface area contributed by atoms with E-state index in [2.05, 4.69) is 22.2 Å². The van der Waals surface area contributed by atoms with Gasteiger partial charge in [0.15, 0.2) is 0 Å². The molecule has 1 aromatic rings. The average molecular weight is 267 g/mol. The number of nitrogens with two attached hydrogens (primary N) is 1. The Morgan fingerprint density at radius 3 is 2.89 bits per heavy atom. The molecule has 0 radical (unpaired) electrons. The summed E-state index contributed by atoms with van der Waals surface area (Å²) in [5.74, 6) is 0.625. The largest absolute Gasteiger partial charge is 0.481 e. The molecule has 0 spiro atoms. The van der Waals surface area contributed by atoms with E-state index in [-0.39, 0.29) is 12.4 Å². The van der Waals surface area contributed by atoms with Crippen LogP contribution in [0.5, 0.6) is 0 Å². The van der Waals surface area contributed by atoms with Gasteiger partial charge in [0.2, 0.25) is 5.95 Å². The predicted octanol–water partition coefficient (Wildman–Crippen LogP) is 1.18. The lowest BCUT2D eigenvalue weighted by Gasteiger charge is -2.18. The highest BCUT2D eigenvalue weighted by molar-refractivity contribution is 5.67. The van der Waals surface area contributed by atoms with Crippen LogP contribution in [-0.2, 0) is 4.79 Å². The van der Waals surface area contributed by atoms with E-state index in [0.29, 0.717) is 18.2 Å². The van der Waals surface area contributed by atoms with Crippen LogP contribution in [0.4, 0.5) is 17.6 Å². The van der Waals surface area contributed by atoms with E-state index >= 15 is 0 Å². The zero-order valence-corrected chi connectivity index (χ0v) is 11.4. The number of aromatic nitrogens is 2. The van der Waals surface area contributed by atoms with Gasteiger partial charge in [-0.1, -0.05) is 13.3 Å². The highest BCUT2D eigenvalue weighted by Gasteiger charge is 2.08.